The molecule has 2 N–H and O–H groups in total. The monoisotopic (exact) mass is 476 g/mol. The lowest BCUT2D eigenvalue weighted by molar-refractivity contribution is -0.119. The van der Waals surface area contributed by atoms with Gasteiger partial charge in [-0.25, -0.2) is 4.99 Å². The van der Waals surface area contributed by atoms with E-state index in [4.69, 9.17) is 45.1 Å². The van der Waals surface area contributed by atoms with Gasteiger partial charge in [0.2, 0.25) is 6.17 Å². The summed E-state index contributed by atoms with van der Waals surface area (Å²) in [5.41, 5.74) is 2.64. The first-order valence-electron chi connectivity index (χ1n) is 9.59. The standard InChI is InChI=1S/C22H22Cl2N4O2S/c1-3-30-12-6-11-25-22(31)27-20-21(29)28(2)18-10-9-14(23)13-16(18)19(26-20)15-7-4-5-8-17(15)24/h3-5,7-10,13,20H,1,6,11-12H2,2H3,(H2,25,27,31). The van der Waals surface area contributed by atoms with Crippen LogP contribution in [0.3, 0.4) is 0 Å². The molecule has 0 saturated heterocycles. The van der Waals surface area contributed by atoms with Gasteiger partial charge in [0.05, 0.1) is 24.3 Å². The molecule has 1 unspecified atom stereocenters. The number of anilines is 1. The predicted molar refractivity (Wildman–Crippen MR) is 130 cm³/mol. The number of benzodiazepines with no additional fused rings is 1. The molecule has 31 heavy (non-hydrogen) atoms. The number of halogens is 2. The van der Waals surface area contributed by atoms with E-state index in [-0.39, 0.29) is 5.91 Å². The molecule has 1 atom stereocenters. The Bertz CT molecular complexity index is 1030. The number of hydrogen-bond donors (Lipinski definition) is 2. The van der Waals surface area contributed by atoms with Gasteiger partial charge in [0.25, 0.3) is 5.91 Å². The molecule has 162 valence electrons. The molecule has 2 aromatic rings. The van der Waals surface area contributed by atoms with Gasteiger partial charge in [0.1, 0.15) is 0 Å². The Kier molecular flexibility index (Phi) is 7.90. The van der Waals surface area contributed by atoms with E-state index < -0.39 is 6.17 Å². The van der Waals surface area contributed by atoms with Gasteiger partial charge >= 0.3 is 0 Å². The van der Waals surface area contributed by atoms with Crippen molar-refractivity contribution in [3.05, 3.63) is 76.5 Å². The minimum Gasteiger partial charge on any atom is -0.502 e. The van der Waals surface area contributed by atoms with E-state index in [1.165, 1.54) is 11.2 Å². The van der Waals surface area contributed by atoms with E-state index in [2.05, 4.69) is 17.2 Å². The number of rotatable bonds is 7. The molecular weight excluding hydrogens is 455 g/mol. The number of aliphatic imine (C=N–C) groups is 1. The lowest BCUT2D eigenvalue weighted by Crippen LogP contribution is -2.49. The minimum atomic E-state index is -0.938. The first-order chi connectivity index (χ1) is 14.9. The third kappa shape index (κ3) is 5.55. The van der Waals surface area contributed by atoms with E-state index in [1.54, 1.807) is 31.3 Å². The Balaban J connectivity index is 1.93. The summed E-state index contributed by atoms with van der Waals surface area (Å²) in [7, 11) is 1.69. The van der Waals surface area contributed by atoms with Gasteiger partial charge < -0.3 is 20.3 Å². The molecule has 0 fully saturated rings. The van der Waals surface area contributed by atoms with Gasteiger partial charge in [-0.2, -0.15) is 0 Å². The highest BCUT2D eigenvalue weighted by molar-refractivity contribution is 7.80. The second kappa shape index (κ2) is 10.6. The van der Waals surface area contributed by atoms with Crippen molar-refractivity contribution in [3.8, 4) is 0 Å². The van der Waals surface area contributed by atoms with Crippen LogP contribution in [0.1, 0.15) is 17.5 Å². The Morgan fingerprint density at radius 1 is 1.29 bits per heavy atom. The third-order valence-electron chi connectivity index (χ3n) is 4.64. The van der Waals surface area contributed by atoms with Gasteiger partial charge in [0.15, 0.2) is 5.11 Å². The van der Waals surface area contributed by atoms with Crippen LogP contribution >= 0.6 is 35.4 Å². The number of nitrogens with zero attached hydrogens (tertiary/aromatic N) is 2. The molecule has 0 aromatic heterocycles. The highest BCUT2D eigenvalue weighted by Gasteiger charge is 2.31. The largest absolute Gasteiger partial charge is 0.502 e. The summed E-state index contributed by atoms with van der Waals surface area (Å²) >= 11 is 18.1. The van der Waals surface area contributed by atoms with Crippen LogP contribution in [0, 0.1) is 0 Å². The number of ether oxygens (including phenoxy) is 1. The number of likely N-dealkylation sites (N-methyl/N-ethyl adjacent to an activating group) is 1. The number of carbonyl (C=O) groups excluding carboxylic acids is 1. The topological polar surface area (TPSA) is 66.0 Å². The van der Waals surface area contributed by atoms with Gasteiger partial charge in [-0.1, -0.05) is 48.0 Å². The van der Waals surface area contributed by atoms with E-state index in [1.807, 2.05) is 18.2 Å². The normalized spacial score (nSPS) is 15.5. The average Bonchev–Trinajstić information content (AvgIpc) is 2.84. The van der Waals surface area contributed by atoms with Crippen LogP contribution in [-0.2, 0) is 9.53 Å². The molecule has 3 rings (SSSR count). The van der Waals surface area contributed by atoms with Crippen LogP contribution in [-0.4, -0.2) is 43.1 Å². The zero-order valence-corrected chi connectivity index (χ0v) is 19.2. The second-order valence-electron chi connectivity index (χ2n) is 6.71. The number of hydrogen-bond acceptors (Lipinski definition) is 4. The highest BCUT2D eigenvalue weighted by atomic mass is 35.5. The van der Waals surface area contributed by atoms with Crippen molar-refractivity contribution in [1.29, 1.82) is 0 Å². The molecular formula is C22H22Cl2N4O2S. The maximum absolute atomic E-state index is 13.2. The van der Waals surface area contributed by atoms with Crippen LogP contribution < -0.4 is 15.5 Å². The number of amides is 1. The number of nitrogens with one attached hydrogen (secondary N) is 2. The van der Waals surface area contributed by atoms with Gasteiger partial charge in [-0.15, -0.1) is 0 Å². The Hall–Kier alpha value is -2.61. The fourth-order valence-electron chi connectivity index (χ4n) is 3.12. The SMILES string of the molecule is C=COCCCNC(=S)NC1N=C(c2ccccc2Cl)c2cc(Cl)ccc2N(C)C1=O. The van der Waals surface area contributed by atoms with E-state index in [0.29, 0.717) is 50.8 Å². The first-order valence-corrected chi connectivity index (χ1v) is 10.8. The summed E-state index contributed by atoms with van der Waals surface area (Å²) in [5.74, 6) is -0.259. The summed E-state index contributed by atoms with van der Waals surface area (Å²) in [5, 5.41) is 7.43. The van der Waals surface area contributed by atoms with Crippen LogP contribution in [0.5, 0.6) is 0 Å². The zero-order chi connectivity index (χ0) is 22.4. The highest BCUT2D eigenvalue weighted by Crippen LogP contribution is 2.31. The molecule has 1 heterocycles. The molecule has 0 radical (unpaired) electrons. The molecule has 6 nitrogen and oxygen atoms in total. The van der Waals surface area contributed by atoms with Crippen LogP contribution in [0.2, 0.25) is 10.0 Å². The van der Waals surface area contributed by atoms with Crippen LogP contribution in [0.15, 0.2) is 60.3 Å². The lowest BCUT2D eigenvalue weighted by atomic mass is 10.00. The van der Waals surface area contributed by atoms with E-state index in [9.17, 15) is 4.79 Å². The van der Waals surface area contributed by atoms with Crippen molar-refractivity contribution < 1.29 is 9.53 Å². The van der Waals surface area contributed by atoms with Crippen molar-refractivity contribution in [3.63, 3.8) is 0 Å². The molecule has 0 aliphatic carbocycles. The second-order valence-corrected chi connectivity index (χ2v) is 7.96. The molecule has 1 aliphatic heterocycles. The van der Waals surface area contributed by atoms with Crippen LogP contribution in [0.25, 0.3) is 0 Å². The van der Waals surface area contributed by atoms with E-state index >= 15 is 0 Å². The molecule has 0 saturated carbocycles. The summed E-state index contributed by atoms with van der Waals surface area (Å²) in [6.07, 6.45) is 1.18. The van der Waals surface area contributed by atoms with Crippen molar-refractivity contribution in [2.45, 2.75) is 12.6 Å². The summed E-state index contributed by atoms with van der Waals surface area (Å²) in [6.45, 7) is 4.60. The number of carbonyl (C=O) groups is 1. The quantitative estimate of drug-likeness (QED) is 0.357. The number of thiocarbonyl (C=S) groups is 1. The smallest absolute Gasteiger partial charge is 0.272 e. The summed E-state index contributed by atoms with van der Waals surface area (Å²) in [6, 6.07) is 12.6. The van der Waals surface area contributed by atoms with Crippen molar-refractivity contribution in [1.82, 2.24) is 10.6 Å². The number of benzene rings is 2. The van der Waals surface area contributed by atoms with Crippen molar-refractivity contribution >= 4 is 57.8 Å². The van der Waals surface area contributed by atoms with E-state index in [0.717, 1.165) is 6.42 Å². The Morgan fingerprint density at radius 3 is 2.81 bits per heavy atom. The maximum Gasteiger partial charge on any atom is 0.272 e. The fraction of sp³-hybridized carbons (Fsp3) is 0.227. The predicted octanol–water partition coefficient (Wildman–Crippen LogP) is 4.15. The number of fused-ring (bicyclic) bond motifs is 1. The molecule has 0 bridgehead atoms. The third-order valence-corrected chi connectivity index (χ3v) is 5.46. The molecule has 9 heteroatoms. The molecule has 1 aliphatic rings. The molecule has 0 spiro atoms. The summed E-state index contributed by atoms with van der Waals surface area (Å²) in [4.78, 5) is 19.4. The van der Waals surface area contributed by atoms with Gasteiger partial charge in [-0.3, -0.25) is 4.79 Å². The molecule has 2 aromatic carbocycles. The summed E-state index contributed by atoms with van der Waals surface area (Å²) < 4.78 is 5.09. The maximum atomic E-state index is 13.2. The fourth-order valence-corrected chi connectivity index (χ4v) is 3.74. The first kappa shape index (κ1) is 23.1. The zero-order valence-electron chi connectivity index (χ0n) is 16.9. The van der Waals surface area contributed by atoms with Crippen molar-refractivity contribution in [2.75, 3.05) is 25.1 Å². The average molecular weight is 477 g/mol. The Labute approximate surface area is 196 Å². The lowest BCUT2D eigenvalue weighted by Gasteiger charge is -2.22. The van der Waals surface area contributed by atoms with Crippen molar-refractivity contribution in [2.24, 2.45) is 4.99 Å². The minimum absolute atomic E-state index is 0.259. The van der Waals surface area contributed by atoms with Crippen LogP contribution in [0.4, 0.5) is 5.69 Å². The Morgan fingerprint density at radius 2 is 2.06 bits per heavy atom. The van der Waals surface area contributed by atoms with Gasteiger partial charge in [0, 0.05) is 34.8 Å². The molecule has 1 amide bonds. The van der Waals surface area contributed by atoms with Gasteiger partial charge in [-0.05, 0) is 42.9 Å².